The first-order chi connectivity index (χ1) is 9.99. The molecule has 2 rings (SSSR count). The highest BCUT2D eigenvalue weighted by Gasteiger charge is 2.25. The molecule has 0 spiro atoms. The summed E-state index contributed by atoms with van der Waals surface area (Å²) in [7, 11) is 0. The summed E-state index contributed by atoms with van der Waals surface area (Å²) in [4.78, 5) is 27.3. The number of hydrogen-bond acceptors (Lipinski definition) is 3. The number of rotatable bonds is 3. The maximum atomic E-state index is 12.5. The molecule has 0 radical (unpaired) electrons. The Bertz CT molecular complexity index is 530. The van der Waals surface area contributed by atoms with Gasteiger partial charge in [-0.3, -0.25) is 14.5 Å². The zero-order valence-electron chi connectivity index (χ0n) is 12.6. The van der Waals surface area contributed by atoms with Gasteiger partial charge in [0.1, 0.15) is 6.04 Å². The van der Waals surface area contributed by atoms with E-state index in [0.717, 1.165) is 12.0 Å². The first-order valence-corrected chi connectivity index (χ1v) is 7.32. The van der Waals surface area contributed by atoms with E-state index in [1.807, 2.05) is 41.0 Å². The molecule has 1 atom stereocenters. The average molecular weight is 290 g/mol. The molecule has 21 heavy (non-hydrogen) atoms. The van der Waals surface area contributed by atoms with Gasteiger partial charge in [0.2, 0.25) is 0 Å². The summed E-state index contributed by atoms with van der Waals surface area (Å²) in [6, 6.07) is 7.08. The molecule has 1 saturated heterocycles. The molecule has 0 saturated carbocycles. The number of carboxylic acids is 1. The second kappa shape index (κ2) is 6.72. The molecular formula is C16H22N2O3. The van der Waals surface area contributed by atoms with Gasteiger partial charge < -0.3 is 10.0 Å². The lowest BCUT2D eigenvalue weighted by Gasteiger charge is -2.24. The molecule has 0 bridgehead atoms. The number of aryl methyl sites for hydroxylation is 1. The Balaban J connectivity index is 2.03. The number of carbonyl (C=O) groups excluding carboxylic acids is 1. The van der Waals surface area contributed by atoms with E-state index in [1.54, 1.807) is 6.92 Å². The van der Waals surface area contributed by atoms with Crippen molar-refractivity contribution in [1.82, 2.24) is 9.80 Å². The van der Waals surface area contributed by atoms with Gasteiger partial charge in [0.25, 0.3) is 5.91 Å². The lowest BCUT2D eigenvalue weighted by Crippen LogP contribution is -2.42. The van der Waals surface area contributed by atoms with Crippen LogP contribution in [0.4, 0.5) is 0 Å². The molecule has 1 aliphatic rings. The van der Waals surface area contributed by atoms with E-state index >= 15 is 0 Å². The maximum Gasteiger partial charge on any atom is 0.320 e. The smallest absolute Gasteiger partial charge is 0.320 e. The largest absolute Gasteiger partial charge is 0.480 e. The highest BCUT2D eigenvalue weighted by Crippen LogP contribution is 2.12. The van der Waals surface area contributed by atoms with E-state index in [2.05, 4.69) is 0 Å². The third kappa shape index (κ3) is 3.82. The van der Waals surface area contributed by atoms with Crippen molar-refractivity contribution in [2.75, 3.05) is 26.2 Å². The van der Waals surface area contributed by atoms with Crippen molar-refractivity contribution in [1.29, 1.82) is 0 Å². The molecule has 1 unspecified atom stereocenters. The minimum absolute atomic E-state index is 0.0310. The maximum absolute atomic E-state index is 12.5. The Labute approximate surface area is 125 Å². The zero-order valence-corrected chi connectivity index (χ0v) is 12.6. The van der Waals surface area contributed by atoms with Crippen LogP contribution >= 0.6 is 0 Å². The number of amides is 1. The van der Waals surface area contributed by atoms with E-state index in [-0.39, 0.29) is 5.91 Å². The Kier molecular flexibility index (Phi) is 4.96. The van der Waals surface area contributed by atoms with Gasteiger partial charge in [0, 0.05) is 31.7 Å². The molecule has 5 heteroatoms. The summed E-state index contributed by atoms with van der Waals surface area (Å²) in [5.41, 5.74) is 1.77. The normalized spacial score (nSPS) is 18.1. The molecule has 1 heterocycles. The van der Waals surface area contributed by atoms with Crippen LogP contribution in [0.25, 0.3) is 0 Å². The summed E-state index contributed by atoms with van der Waals surface area (Å²) < 4.78 is 0. The second-order valence-corrected chi connectivity index (χ2v) is 5.57. The summed E-state index contributed by atoms with van der Waals surface area (Å²) >= 11 is 0. The van der Waals surface area contributed by atoms with Gasteiger partial charge in [0.05, 0.1) is 0 Å². The van der Waals surface area contributed by atoms with Crippen LogP contribution in [-0.2, 0) is 4.79 Å². The molecule has 1 aromatic rings. The number of carboxylic acid groups (broad SMARTS) is 1. The summed E-state index contributed by atoms with van der Waals surface area (Å²) in [5.74, 6) is -0.781. The predicted octanol–water partition coefficient (Wildman–Crippen LogP) is 1.62. The molecular weight excluding hydrogens is 268 g/mol. The molecule has 0 aromatic heterocycles. The van der Waals surface area contributed by atoms with Gasteiger partial charge in [0.15, 0.2) is 0 Å². The van der Waals surface area contributed by atoms with Crippen molar-refractivity contribution in [2.45, 2.75) is 26.3 Å². The molecule has 1 aromatic carbocycles. The van der Waals surface area contributed by atoms with Gasteiger partial charge in [-0.2, -0.15) is 0 Å². The van der Waals surface area contributed by atoms with Crippen LogP contribution in [0, 0.1) is 6.92 Å². The quantitative estimate of drug-likeness (QED) is 0.919. The van der Waals surface area contributed by atoms with Crippen molar-refractivity contribution in [3.05, 3.63) is 35.4 Å². The Hall–Kier alpha value is -1.88. The van der Waals surface area contributed by atoms with Gasteiger partial charge >= 0.3 is 5.97 Å². The fraction of sp³-hybridized carbons (Fsp3) is 0.500. The van der Waals surface area contributed by atoms with Gasteiger partial charge in [-0.1, -0.05) is 17.7 Å². The van der Waals surface area contributed by atoms with Crippen molar-refractivity contribution in [2.24, 2.45) is 0 Å². The van der Waals surface area contributed by atoms with Crippen LogP contribution in [0.15, 0.2) is 24.3 Å². The van der Waals surface area contributed by atoms with Crippen molar-refractivity contribution >= 4 is 11.9 Å². The zero-order chi connectivity index (χ0) is 15.4. The van der Waals surface area contributed by atoms with Gasteiger partial charge in [-0.25, -0.2) is 0 Å². The van der Waals surface area contributed by atoms with Gasteiger partial charge in [-0.05, 0) is 32.4 Å². The standard InChI is InChI=1S/C16H22N2O3/c1-12-5-3-6-14(11-12)15(19)18-8-4-7-17(9-10-18)13(2)16(20)21/h3,5-6,11,13H,4,7-10H2,1-2H3,(H,20,21). The van der Waals surface area contributed by atoms with Crippen molar-refractivity contribution < 1.29 is 14.7 Å². The third-order valence-electron chi connectivity index (χ3n) is 3.99. The Morgan fingerprint density at radius 1 is 1.19 bits per heavy atom. The third-order valence-corrected chi connectivity index (χ3v) is 3.99. The molecule has 5 nitrogen and oxygen atoms in total. The SMILES string of the molecule is Cc1cccc(C(=O)N2CCCN(C(C)C(=O)O)CC2)c1. The van der Waals surface area contributed by atoms with Gasteiger partial charge in [-0.15, -0.1) is 0 Å². The van der Waals surface area contributed by atoms with Crippen molar-refractivity contribution in [3.8, 4) is 0 Å². The highest BCUT2D eigenvalue weighted by molar-refractivity contribution is 5.94. The molecule has 114 valence electrons. The van der Waals surface area contributed by atoms with E-state index in [0.29, 0.717) is 31.7 Å². The second-order valence-electron chi connectivity index (χ2n) is 5.57. The average Bonchev–Trinajstić information content (AvgIpc) is 2.71. The number of benzene rings is 1. The van der Waals surface area contributed by atoms with E-state index in [9.17, 15) is 9.59 Å². The lowest BCUT2D eigenvalue weighted by atomic mass is 10.1. The topological polar surface area (TPSA) is 60.9 Å². The van der Waals surface area contributed by atoms with E-state index in [4.69, 9.17) is 5.11 Å². The van der Waals surface area contributed by atoms with Crippen LogP contribution in [-0.4, -0.2) is 59.0 Å². The fourth-order valence-electron chi connectivity index (χ4n) is 2.64. The minimum Gasteiger partial charge on any atom is -0.480 e. The molecule has 1 aliphatic heterocycles. The Morgan fingerprint density at radius 3 is 2.62 bits per heavy atom. The lowest BCUT2D eigenvalue weighted by molar-refractivity contribution is -0.142. The van der Waals surface area contributed by atoms with E-state index in [1.165, 1.54) is 0 Å². The number of hydrogen-bond donors (Lipinski definition) is 1. The number of nitrogens with zero attached hydrogens (tertiary/aromatic N) is 2. The summed E-state index contributed by atoms with van der Waals surface area (Å²) in [5, 5.41) is 9.09. The fourth-order valence-corrected chi connectivity index (χ4v) is 2.64. The van der Waals surface area contributed by atoms with Crippen LogP contribution < -0.4 is 0 Å². The molecule has 1 fully saturated rings. The monoisotopic (exact) mass is 290 g/mol. The first kappa shape index (κ1) is 15.5. The Morgan fingerprint density at radius 2 is 1.95 bits per heavy atom. The van der Waals surface area contributed by atoms with Crippen LogP contribution in [0.5, 0.6) is 0 Å². The van der Waals surface area contributed by atoms with Crippen LogP contribution in [0.1, 0.15) is 29.3 Å². The first-order valence-electron chi connectivity index (χ1n) is 7.32. The minimum atomic E-state index is -0.812. The number of carbonyl (C=O) groups is 2. The predicted molar refractivity (Wildman–Crippen MR) is 80.4 cm³/mol. The molecule has 1 amide bonds. The van der Waals surface area contributed by atoms with E-state index < -0.39 is 12.0 Å². The number of aliphatic carboxylic acids is 1. The molecule has 0 aliphatic carbocycles. The summed E-state index contributed by atoms with van der Waals surface area (Å²) in [6.07, 6.45) is 0.801. The van der Waals surface area contributed by atoms with Crippen molar-refractivity contribution in [3.63, 3.8) is 0 Å². The highest BCUT2D eigenvalue weighted by atomic mass is 16.4. The van der Waals surface area contributed by atoms with Crippen LogP contribution in [0.2, 0.25) is 0 Å². The van der Waals surface area contributed by atoms with Crippen LogP contribution in [0.3, 0.4) is 0 Å². The summed E-state index contributed by atoms with van der Waals surface area (Å²) in [6.45, 7) is 6.23. The molecule has 1 N–H and O–H groups in total.